The molecule has 2 aromatic rings. The highest BCUT2D eigenvalue weighted by Crippen LogP contribution is 2.53. The van der Waals surface area contributed by atoms with Crippen molar-refractivity contribution in [3.8, 4) is 10.6 Å². The second-order valence-corrected chi connectivity index (χ2v) is 7.44. The zero-order valence-corrected chi connectivity index (χ0v) is 13.6. The van der Waals surface area contributed by atoms with Crippen molar-refractivity contribution in [2.75, 3.05) is 11.5 Å². The first-order valence-corrected chi connectivity index (χ1v) is 8.87. The van der Waals surface area contributed by atoms with Crippen molar-refractivity contribution in [3.63, 3.8) is 0 Å². The van der Waals surface area contributed by atoms with E-state index in [1.165, 1.54) is 12.8 Å². The second-order valence-electron chi connectivity index (χ2n) is 6.49. The predicted molar refractivity (Wildman–Crippen MR) is 89.1 cm³/mol. The van der Waals surface area contributed by atoms with Crippen LogP contribution in [0.1, 0.15) is 32.6 Å². The summed E-state index contributed by atoms with van der Waals surface area (Å²) in [4.78, 5) is 2.45. The molecule has 1 aromatic carbocycles. The van der Waals surface area contributed by atoms with Gasteiger partial charge in [-0.1, -0.05) is 48.6 Å². The lowest BCUT2D eigenvalue weighted by Gasteiger charge is -2.34. The number of fused-ring (bicyclic) bond motifs is 2. The zero-order chi connectivity index (χ0) is 15.2. The van der Waals surface area contributed by atoms with E-state index in [9.17, 15) is 5.11 Å². The topological polar surface area (TPSA) is 49.2 Å². The molecule has 5 heteroatoms. The van der Waals surface area contributed by atoms with Gasteiger partial charge in [0.1, 0.15) is 5.01 Å². The Hall–Kier alpha value is -1.46. The Morgan fingerprint density at radius 1 is 1.27 bits per heavy atom. The molecule has 4 rings (SSSR count). The third-order valence-corrected chi connectivity index (χ3v) is 6.51. The van der Waals surface area contributed by atoms with Crippen LogP contribution >= 0.6 is 11.3 Å². The summed E-state index contributed by atoms with van der Waals surface area (Å²) in [5.74, 6) is 0. The molecule has 2 bridgehead atoms. The summed E-state index contributed by atoms with van der Waals surface area (Å²) in [6, 6.07) is 11.2. The van der Waals surface area contributed by atoms with Gasteiger partial charge in [-0.3, -0.25) is 0 Å². The predicted octanol–water partition coefficient (Wildman–Crippen LogP) is 3.33. The average molecular weight is 315 g/mol. The summed E-state index contributed by atoms with van der Waals surface area (Å²) in [7, 11) is 0. The first-order chi connectivity index (χ1) is 10.8. The maximum atomic E-state index is 9.93. The van der Waals surface area contributed by atoms with E-state index in [1.54, 1.807) is 11.3 Å². The molecule has 4 nitrogen and oxygen atoms in total. The smallest absolute Gasteiger partial charge is 0.209 e. The lowest BCUT2D eigenvalue weighted by Crippen LogP contribution is -2.39. The van der Waals surface area contributed by atoms with E-state index in [4.69, 9.17) is 0 Å². The Labute approximate surface area is 134 Å². The minimum atomic E-state index is 0.0570. The molecule has 1 N–H and O–H groups in total. The van der Waals surface area contributed by atoms with Crippen molar-refractivity contribution in [2.45, 2.75) is 44.7 Å². The molecule has 2 aliphatic heterocycles. The Balaban J connectivity index is 1.65. The number of hydrogen-bond acceptors (Lipinski definition) is 5. The summed E-state index contributed by atoms with van der Waals surface area (Å²) >= 11 is 1.67. The van der Waals surface area contributed by atoms with Gasteiger partial charge in [0, 0.05) is 23.1 Å². The van der Waals surface area contributed by atoms with Crippen LogP contribution in [-0.4, -0.2) is 34.0 Å². The van der Waals surface area contributed by atoms with Gasteiger partial charge in [0.15, 0.2) is 0 Å². The van der Waals surface area contributed by atoms with Gasteiger partial charge < -0.3 is 10.0 Å². The highest BCUT2D eigenvalue weighted by Gasteiger charge is 2.55. The summed E-state index contributed by atoms with van der Waals surface area (Å²) < 4.78 is 0. The zero-order valence-electron chi connectivity index (χ0n) is 12.8. The fourth-order valence-electron chi connectivity index (χ4n) is 4.26. The quantitative estimate of drug-likeness (QED) is 0.940. The molecule has 3 atom stereocenters. The highest BCUT2D eigenvalue weighted by molar-refractivity contribution is 7.18. The van der Waals surface area contributed by atoms with Crippen LogP contribution in [0.25, 0.3) is 10.6 Å². The number of nitrogens with zero attached hydrogens (tertiary/aromatic N) is 3. The van der Waals surface area contributed by atoms with Crippen molar-refractivity contribution >= 4 is 16.5 Å². The first kappa shape index (κ1) is 14.2. The van der Waals surface area contributed by atoms with E-state index >= 15 is 0 Å². The van der Waals surface area contributed by atoms with Gasteiger partial charge >= 0.3 is 0 Å². The molecule has 3 heterocycles. The Morgan fingerprint density at radius 3 is 2.77 bits per heavy atom. The lowest BCUT2D eigenvalue weighted by atomic mass is 9.72. The van der Waals surface area contributed by atoms with Crippen LogP contribution in [0.15, 0.2) is 30.3 Å². The SMILES string of the molecule is CC[C@]1(CO)C[C@H]2CC[C@@H]1N2c1nnc(-c2ccccc2)s1. The van der Waals surface area contributed by atoms with E-state index in [-0.39, 0.29) is 12.0 Å². The lowest BCUT2D eigenvalue weighted by molar-refractivity contribution is 0.0944. The van der Waals surface area contributed by atoms with Crippen molar-refractivity contribution in [3.05, 3.63) is 30.3 Å². The number of rotatable bonds is 4. The normalized spacial score (nSPS) is 30.2. The maximum Gasteiger partial charge on any atom is 0.209 e. The number of aliphatic hydroxyl groups excluding tert-OH is 1. The summed E-state index contributed by atoms with van der Waals surface area (Å²) in [5, 5.41) is 20.8. The molecule has 0 spiro atoms. The van der Waals surface area contributed by atoms with Crippen LogP contribution in [0, 0.1) is 5.41 Å². The molecular weight excluding hydrogens is 294 g/mol. The molecule has 2 saturated heterocycles. The molecule has 0 radical (unpaired) electrons. The molecule has 2 aliphatic rings. The minimum Gasteiger partial charge on any atom is -0.396 e. The summed E-state index contributed by atoms with van der Waals surface area (Å²) in [5.41, 5.74) is 1.18. The number of aliphatic hydroxyl groups is 1. The molecule has 2 fully saturated rings. The van der Waals surface area contributed by atoms with E-state index < -0.39 is 0 Å². The van der Waals surface area contributed by atoms with Crippen molar-refractivity contribution in [1.29, 1.82) is 0 Å². The van der Waals surface area contributed by atoms with E-state index in [0.717, 1.165) is 28.5 Å². The van der Waals surface area contributed by atoms with Crippen LogP contribution < -0.4 is 4.90 Å². The monoisotopic (exact) mass is 315 g/mol. The molecule has 116 valence electrons. The van der Waals surface area contributed by atoms with E-state index in [1.807, 2.05) is 18.2 Å². The standard InChI is InChI=1S/C17H21N3OS/c1-2-17(11-21)10-13-8-9-14(17)20(13)16-19-18-15(22-16)12-6-4-3-5-7-12/h3-7,13-14,21H,2,8-11H2,1H3/t13-,14+,17-/m1/s1. The van der Waals surface area contributed by atoms with Crippen LogP contribution in [-0.2, 0) is 0 Å². The van der Waals surface area contributed by atoms with Gasteiger partial charge in [0.05, 0.1) is 6.61 Å². The van der Waals surface area contributed by atoms with Gasteiger partial charge in [0.2, 0.25) is 5.13 Å². The summed E-state index contributed by atoms with van der Waals surface area (Å²) in [6.07, 6.45) is 4.50. The van der Waals surface area contributed by atoms with Crippen LogP contribution in [0.2, 0.25) is 0 Å². The molecule has 22 heavy (non-hydrogen) atoms. The number of benzene rings is 1. The number of anilines is 1. The Kier molecular flexibility index (Phi) is 3.42. The van der Waals surface area contributed by atoms with Crippen molar-refractivity contribution < 1.29 is 5.11 Å². The third kappa shape index (κ3) is 1.99. The van der Waals surface area contributed by atoms with E-state index in [2.05, 4.69) is 34.2 Å². The van der Waals surface area contributed by atoms with Crippen LogP contribution in [0.3, 0.4) is 0 Å². The molecule has 1 aromatic heterocycles. The van der Waals surface area contributed by atoms with Crippen molar-refractivity contribution in [2.24, 2.45) is 5.41 Å². The molecular formula is C17H21N3OS. The number of hydrogen-bond donors (Lipinski definition) is 1. The molecule has 0 aliphatic carbocycles. The van der Waals surface area contributed by atoms with Gasteiger partial charge in [0.25, 0.3) is 0 Å². The fourth-order valence-corrected chi connectivity index (χ4v) is 5.23. The van der Waals surface area contributed by atoms with Crippen LogP contribution in [0.4, 0.5) is 5.13 Å². The fraction of sp³-hybridized carbons (Fsp3) is 0.529. The molecule has 0 unspecified atom stereocenters. The van der Waals surface area contributed by atoms with Gasteiger partial charge in [-0.2, -0.15) is 0 Å². The minimum absolute atomic E-state index is 0.0570. The highest BCUT2D eigenvalue weighted by atomic mass is 32.1. The average Bonchev–Trinajstić information content (AvgIpc) is 3.28. The molecule has 0 saturated carbocycles. The number of aromatic nitrogens is 2. The summed E-state index contributed by atoms with van der Waals surface area (Å²) in [6.45, 7) is 2.48. The Bertz CT molecular complexity index is 653. The van der Waals surface area contributed by atoms with Gasteiger partial charge in [-0.25, -0.2) is 0 Å². The second kappa shape index (κ2) is 5.32. The maximum absolute atomic E-state index is 9.93. The van der Waals surface area contributed by atoms with Crippen LogP contribution in [0.5, 0.6) is 0 Å². The van der Waals surface area contributed by atoms with E-state index in [0.29, 0.717) is 12.1 Å². The first-order valence-electron chi connectivity index (χ1n) is 8.05. The molecule has 0 amide bonds. The van der Waals surface area contributed by atoms with Gasteiger partial charge in [-0.15, -0.1) is 10.2 Å². The van der Waals surface area contributed by atoms with Crippen molar-refractivity contribution in [1.82, 2.24) is 10.2 Å². The Morgan fingerprint density at radius 2 is 2.09 bits per heavy atom. The third-order valence-electron chi connectivity index (χ3n) is 5.53. The van der Waals surface area contributed by atoms with Gasteiger partial charge in [-0.05, 0) is 25.7 Å². The largest absolute Gasteiger partial charge is 0.396 e.